The van der Waals surface area contributed by atoms with Crippen LogP contribution in [0.5, 0.6) is 0 Å². The minimum Gasteiger partial charge on any atom is -0.339 e. The van der Waals surface area contributed by atoms with Gasteiger partial charge in [-0.25, -0.2) is 15.0 Å². The summed E-state index contributed by atoms with van der Waals surface area (Å²) in [6.07, 6.45) is 13.7. The maximum atomic E-state index is 4.92. The lowest BCUT2D eigenvalue weighted by Crippen LogP contribution is -2.19. The zero-order valence-corrected chi connectivity index (χ0v) is 16.7. The molecule has 3 aromatic rings. The van der Waals surface area contributed by atoms with Crippen LogP contribution in [0.15, 0.2) is 48.3 Å². The fourth-order valence-corrected chi connectivity index (χ4v) is 3.99. The van der Waals surface area contributed by atoms with E-state index in [-0.39, 0.29) is 0 Å². The van der Waals surface area contributed by atoms with Gasteiger partial charge >= 0.3 is 0 Å². The monoisotopic (exact) mass is 379 g/mol. The van der Waals surface area contributed by atoms with Gasteiger partial charge < -0.3 is 9.47 Å². The number of allylic oxidation sites excluding steroid dienone is 2. The summed E-state index contributed by atoms with van der Waals surface area (Å²) in [5.41, 5.74) is 3.11. The largest absolute Gasteiger partial charge is 0.339 e. The average molecular weight is 380 g/mol. The molecule has 0 aliphatic heterocycles. The maximum absolute atomic E-state index is 4.92. The van der Waals surface area contributed by atoms with Crippen LogP contribution in [0.1, 0.15) is 43.9 Å². The van der Waals surface area contributed by atoms with Gasteiger partial charge in [0.05, 0.1) is 12.2 Å². The highest BCUT2D eigenvalue weighted by atomic mass is 32.1. The third kappa shape index (κ3) is 3.95. The van der Waals surface area contributed by atoms with Gasteiger partial charge in [0, 0.05) is 30.5 Å². The lowest BCUT2D eigenvalue weighted by Gasteiger charge is -2.23. The number of nitrogens with zero attached hydrogens (tertiary/aromatic N) is 5. The van der Waals surface area contributed by atoms with Crippen LogP contribution in [0, 0.1) is 5.92 Å². The highest BCUT2D eigenvalue weighted by Gasteiger charge is 2.25. The predicted octanol–water partition coefficient (Wildman–Crippen LogP) is 5.08. The molecule has 4 rings (SSSR count). The van der Waals surface area contributed by atoms with Gasteiger partial charge in [-0.1, -0.05) is 19.1 Å². The first-order valence-corrected chi connectivity index (χ1v) is 10.5. The van der Waals surface area contributed by atoms with E-state index < -0.39 is 0 Å². The Morgan fingerprint density at radius 3 is 2.93 bits per heavy atom. The molecule has 1 aliphatic carbocycles. The molecule has 140 valence electrons. The smallest absolute Gasteiger partial charge is 0.160 e. The highest BCUT2D eigenvalue weighted by Crippen LogP contribution is 2.33. The summed E-state index contributed by atoms with van der Waals surface area (Å²) in [6.45, 7) is 5.93. The molecule has 0 N–H and O–H groups in total. The van der Waals surface area contributed by atoms with E-state index in [1.807, 2.05) is 30.8 Å². The lowest BCUT2D eigenvalue weighted by molar-refractivity contribution is 0.477. The predicted molar refractivity (Wildman–Crippen MR) is 111 cm³/mol. The Balaban J connectivity index is 1.72. The van der Waals surface area contributed by atoms with Gasteiger partial charge in [-0.05, 0) is 44.2 Å². The summed E-state index contributed by atoms with van der Waals surface area (Å²) in [7, 11) is 0. The van der Waals surface area contributed by atoms with Crippen LogP contribution in [-0.4, -0.2) is 24.4 Å². The van der Waals surface area contributed by atoms with E-state index >= 15 is 0 Å². The first-order valence-electron chi connectivity index (χ1n) is 9.59. The van der Waals surface area contributed by atoms with Crippen molar-refractivity contribution in [3.63, 3.8) is 0 Å². The van der Waals surface area contributed by atoms with E-state index in [0.29, 0.717) is 6.54 Å². The summed E-state index contributed by atoms with van der Waals surface area (Å²) in [5, 5.41) is 3.07. The second-order valence-corrected chi connectivity index (χ2v) is 7.77. The number of fused-ring (bicyclic) bond motifs is 1. The lowest BCUT2D eigenvalue weighted by atomic mass is 10.3. The van der Waals surface area contributed by atoms with Crippen LogP contribution in [0.2, 0.25) is 0 Å². The van der Waals surface area contributed by atoms with Crippen molar-refractivity contribution in [2.45, 2.75) is 46.2 Å². The first-order chi connectivity index (χ1) is 13.3. The molecular weight excluding hydrogens is 354 g/mol. The molecule has 0 bridgehead atoms. The third-order valence-electron chi connectivity index (χ3n) is 4.72. The second kappa shape index (κ2) is 8.05. The van der Waals surface area contributed by atoms with Crippen LogP contribution in [0.25, 0.3) is 16.9 Å². The van der Waals surface area contributed by atoms with Crippen LogP contribution >= 0.6 is 11.3 Å². The minimum absolute atomic E-state index is 0.707. The first kappa shape index (κ1) is 17.9. The van der Waals surface area contributed by atoms with Crippen molar-refractivity contribution in [3.8, 4) is 0 Å². The molecule has 1 fully saturated rings. The summed E-state index contributed by atoms with van der Waals surface area (Å²) < 4.78 is 2.31. The molecule has 3 heterocycles. The number of thiazole rings is 1. The Bertz CT molecular complexity index is 950. The van der Waals surface area contributed by atoms with Crippen molar-refractivity contribution < 1.29 is 0 Å². The third-order valence-corrected chi connectivity index (χ3v) is 5.52. The van der Waals surface area contributed by atoms with Crippen LogP contribution in [0.4, 0.5) is 0 Å². The molecule has 0 atom stereocenters. The number of pyridine rings is 1. The van der Waals surface area contributed by atoms with Crippen molar-refractivity contribution in [2.24, 2.45) is 5.92 Å². The summed E-state index contributed by atoms with van der Waals surface area (Å²) in [4.78, 5) is 16.3. The van der Waals surface area contributed by atoms with Gasteiger partial charge in [0.2, 0.25) is 0 Å². The number of imidazole rings is 1. The molecule has 1 saturated carbocycles. The molecule has 0 amide bonds. The molecule has 0 saturated heterocycles. The number of aromatic nitrogens is 4. The fraction of sp³-hybridized carbons (Fsp3) is 0.381. The Kier molecular flexibility index (Phi) is 5.34. The van der Waals surface area contributed by atoms with E-state index in [1.165, 1.54) is 12.8 Å². The Labute approximate surface area is 164 Å². The van der Waals surface area contributed by atoms with Gasteiger partial charge in [0.25, 0.3) is 0 Å². The number of hydrogen-bond donors (Lipinski definition) is 0. The highest BCUT2D eigenvalue weighted by molar-refractivity contribution is 7.10. The van der Waals surface area contributed by atoms with Gasteiger partial charge in [0.15, 0.2) is 5.65 Å². The molecule has 27 heavy (non-hydrogen) atoms. The van der Waals surface area contributed by atoms with Gasteiger partial charge in [-0.15, -0.1) is 11.3 Å². The molecule has 0 unspecified atom stereocenters. The summed E-state index contributed by atoms with van der Waals surface area (Å²) in [5.74, 6) is 1.83. The zero-order chi connectivity index (χ0) is 18.6. The molecule has 3 aromatic heterocycles. The summed E-state index contributed by atoms with van der Waals surface area (Å²) in [6, 6.07) is 4.02. The molecule has 0 spiro atoms. The minimum atomic E-state index is 0.707. The van der Waals surface area contributed by atoms with E-state index in [2.05, 4.69) is 50.8 Å². The molecule has 1 aliphatic rings. The van der Waals surface area contributed by atoms with Crippen molar-refractivity contribution in [1.82, 2.24) is 24.4 Å². The molecule has 5 nitrogen and oxygen atoms in total. The Morgan fingerprint density at radius 1 is 1.33 bits per heavy atom. The second-order valence-electron chi connectivity index (χ2n) is 6.87. The number of rotatable bonds is 8. The van der Waals surface area contributed by atoms with Crippen molar-refractivity contribution in [2.75, 3.05) is 0 Å². The quantitative estimate of drug-likeness (QED) is 0.547. The summed E-state index contributed by atoms with van der Waals surface area (Å²) >= 11 is 1.67. The van der Waals surface area contributed by atoms with Gasteiger partial charge in [-0.2, -0.15) is 0 Å². The molecule has 0 aromatic carbocycles. The number of hydrogen-bond acceptors (Lipinski definition) is 5. The van der Waals surface area contributed by atoms with Crippen LogP contribution in [0.3, 0.4) is 0 Å². The topological polar surface area (TPSA) is 46.8 Å². The fourth-order valence-electron chi connectivity index (χ4n) is 3.30. The zero-order valence-electron chi connectivity index (χ0n) is 15.9. The standard InChI is InChI=1S/C21H25N5S/c1-3-6-18(21-23-11-13-27-21)25(12-4-2)15-19-24-17-7-5-10-22-20(17)26(19)14-16-8-9-16/h4-7,10-13,16H,3,8-9,14-15H2,1-2H3/b12-4-,18-6+. The van der Waals surface area contributed by atoms with E-state index in [1.54, 1.807) is 11.3 Å². The maximum Gasteiger partial charge on any atom is 0.160 e. The molecule has 6 heteroatoms. The van der Waals surface area contributed by atoms with Crippen molar-refractivity contribution >= 4 is 28.2 Å². The van der Waals surface area contributed by atoms with Gasteiger partial charge in [0.1, 0.15) is 16.3 Å². The van der Waals surface area contributed by atoms with Gasteiger partial charge in [-0.3, -0.25) is 0 Å². The van der Waals surface area contributed by atoms with Crippen molar-refractivity contribution in [1.29, 1.82) is 0 Å². The van der Waals surface area contributed by atoms with E-state index in [0.717, 1.165) is 46.6 Å². The van der Waals surface area contributed by atoms with Crippen LogP contribution < -0.4 is 0 Å². The molecular formula is C21H25N5S. The van der Waals surface area contributed by atoms with E-state index in [9.17, 15) is 0 Å². The van der Waals surface area contributed by atoms with Crippen LogP contribution in [-0.2, 0) is 13.1 Å². The Morgan fingerprint density at radius 2 is 2.22 bits per heavy atom. The molecule has 0 radical (unpaired) electrons. The SMILES string of the molecule is C/C=C\N(Cc1nc2cccnc2n1CC1CC1)/C(=C/CC)c1nccs1. The Hall–Kier alpha value is -2.47. The van der Waals surface area contributed by atoms with Crippen molar-refractivity contribution in [3.05, 3.63) is 59.1 Å². The average Bonchev–Trinajstić information content (AvgIpc) is 3.21. The van der Waals surface area contributed by atoms with E-state index in [4.69, 9.17) is 4.98 Å². The normalized spacial score (nSPS) is 15.1.